The summed E-state index contributed by atoms with van der Waals surface area (Å²) in [6.07, 6.45) is 3.44. The standard InChI is InChI=1S/C13H17N3O4/c17-11(8-16-7-1-2-10(16)13(19)20)14-5-6-15-12(18)9-3-4-9/h1-2,7,9H,3-6,8H2,(H,14,17)(H,15,18)(H,19,20). The van der Waals surface area contributed by atoms with Gasteiger partial charge in [-0.3, -0.25) is 9.59 Å². The van der Waals surface area contributed by atoms with E-state index in [0.29, 0.717) is 13.1 Å². The van der Waals surface area contributed by atoms with Crippen molar-refractivity contribution in [3.8, 4) is 0 Å². The van der Waals surface area contributed by atoms with Gasteiger partial charge < -0.3 is 20.3 Å². The number of aromatic carboxylic acids is 1. The minimum absolute atomic E-state index is 0.0397. The SMILES string of the molecule is O=C(Cn1cccc1C(=O)O)NCCNC(=O)C1CC1. The molecule has 0 saturated heterocycles. The van der Waals surface area contributed by atoms with Crippen molar-refractivity contribution in [1.29, 1.82) is 0 Å². The first-order chi connectivity index (χ1) is 9.58. The number of hydrogen-bond acceptors (Lipinski definition) is 3. The Morgan fingerprint density at radius 2 is 1.95 bits per heavy atom. The first-order valence-corrected chi connectivity index (χ1v) is 6.51. The van der Waals surface area contributed by atoms with Gasteiger partial charge in [-0.15, -0.1) is 0 Å². The van der Waals surface area contributed by atoms with Crippen molar-refractivity contribution in [2.75, 3.05) is 13.1 Å². The molecule has 0 aliphatic heterocycles. The highest BCUT2D eigenvalue weighted by molar-refractivity contribution is 5.87. The topological polar surface area (TPSA) is 100 Å². The van der Waals surface area contributed by atoms with E-state index in [1.54, 1.807) is 6.07 Å². The minimum atomic E-state index is -1.07. The molecule has 7 nitrogen and oxygen atoms in total. The second-order valence-electron chi connectivity index (χ2n) is 4.74. The highest BCUT2D eigenvalue weighted by Crippen LogP contribution is 2.28. The fourth-order valence-electron chi connectivity index (χ4n) is 1.83. The lowest BCUT2D eigenvalue weighted by atomic mass is 10.4. The van der Waals surface area contributed by atoms with E-state index >= 15 is 0 Å². The van der Waals surface area contributed by atoms with Gasteiger partial charge in [0.2, 0.25) is 11.8 Å². The zero-order valence-corrected chi connectivity index (χ0v) is 11.0. The lowest BCUT2D eigenvalue weighted by molar-refractivity contribution is -0.123. The van der Waals surface area contributed by atoms with Gasteiger partial charge in [-0.05, 0) is 25.0 Å². The second kappa shape index (κ2) is 6.23. The molecule has 7 heteroatoms. The molecule has 0 bridgehead atoms. The molecule has 20 heavy (non-hydrogen) atoms. The first-order valence-electron chi connectivity index (χ1n) is 6.51. The Hall–Kier alpha value is -2.31. The number of nitrogens with zero attached hydrogens (tertiary/aromatic N) is 1. The van der Waals surface area contributed by atoms with Crippen molar-refractivity contribution in [1.82, 2.24) is 15.2 Å². The van der Waals surface area contributed by atoms with Crippen LogP contribution in [0, 0.1) is 5.92 Å². The van der Waals surface area contributed by atoms with Gasteiger partial charge in [0.25, 0.3) is 0 Å². The predicted octanol–water partition coefficient (Wildman–Crippen LogP) is -0.171. The maximum Gasteiger partial charge on any atom is 0.352 e. The summed E-state index contributed by atoms with van der Waals surface area (Å²) >= 11 is 0. The van der Waals surface area contributed by atoms with E-state index in [2.05, 4.69) is 10.6 Å². The fourth-order valence-corrected chi connectivity index (χ4v) is 1.83. The van der Waals surface area contributed by atoms with Gasteiger partial charge in [-0.1, -0.05) is 0 Å². The molecule has 0 aromatic carbocycles. The number of hydrogen-bond donors (Lipinski definition) is 3. The van der Waals surface area contributed by atoms with Crippen molar-refractivity contribution < 1.29 is 19.5 Å². The molecule has 2 amide bonds. The Morgan fingerprint density at radius 3 is 2.60 bits per heavy atom. The molecule has 2 rings (SSSR count). The number of carbonyl (C=O) groups excluding carboxylic acids is 2. The molecule has 108 valence electrons. The minimum Gasteiger partial charge on any atom is -0.477 e. The van der Waals surface area contributed by atoms with Crippen LogP contribution in [-0.2, 0) is 16.1 Å². The highest BCUT2D eigenvalue weighted by atomic mass is 16.4. The van der Waals surface area contributed by atoms with Crippen molar-refractivity contribution in [3.63, 3.8) is 0 Å². The highest BCUT2D eigenvalue weighted by Gasteiger charge is 2.28. The number of aromatic nitrogens is 1. The van der Waals surface area contributed by atoms with Gasteiger partial charge in [0.15, 0.2) is 0 Å². The van der Waals surface area contributed by atoms with Crippen LogP contribution < -0.4 is 10.6 Å². The van der Waals surface area contributed by atoms with Crippen molar-refractivity contribution >= 4 is 17.8 Å². The quantitative estimate of drug-likeness (QED) is 0.603. The zero-order valence-electron chi connectivity index (χ0n) is 11.0. The lowest BCUT2D eigenvalue weighted by Crippen LogP contribution is -2.36. The van der Waals surface area contributed by atoms with Gasteiger partial charge in [0, 0.05) is 25.2 Å². The maximum atomic E-state index is 11.6. The molecule has 1 heterocycles. The molecular formula is C13H17N3O4. The molecule has 1 aliphatic carbocycles. The molecule has 1 fully saturated rings. The third-order valence-corrected chi connectivity index (χ3v) is 3.06. The molecule has 0 radical (unpaired) electrons. The van der Waals surface area contributed by atoms with E-state index in [-0.39, 0.29) is 30.0 Å². The Bertz CT molecular complexity index is 519. The van der Waals surface area contributed by atoms with E-state index in [4.69, 9.17) is 5.11 Å². The van der Waals surface area contributed by atoms with Crippen LogP contribution in [0.3, 0.4) is 0 Å². The van der Waals surface area contributed by atoms with Gasteiger partial charge in [-0.2, -0.15) is 0 Å². The maximum absolute atomic E-state index is 11.6. The lowest BCUT2D eigenvalue weighted by Gasteiger charge is -2.08. The van der Waals surface area contributed by atoms with Crippen molar-refractivity contribution in [2.24, 2.45) is 5.92 Å². The summed E-state index contributed by atoms with van der Waals surface area (Å²) in [6.45, 7) is 0.671. The molecule has 1 aliphatic rings. The smallest absolute Gasteiger partial charge is 0.352 e. The fraction of sp³-hybridized carbons (Fsp3) is 0.462. The third-order valence-electron chi connectivity index (χ3n) is 3.06. The van der Waals surface area contributed by atoms with E-state index in [1.807, 2.05) is 0 Å². The summed E-state index contributed by atoms with van der Waals surface area (Å²) in [5.41, 5.74) is 0.0715. The van der Waals surface area contributed by atoms with Gasteiger partial charge in [-0.25, -0.2) is 4.79 Å². The van der Waals surface area contributed by atoms with Crippen LogP contribution >= 0.6 is 0 Å². The average molecular weight is 279 g/mol. The van der Waals surface area contributed by atoms with Gasteiger partial charge in [0.1, 0.15) is 12.2 Å². The number of carboxylic acid groups (broad SMARTS) is 1. The van der Waals surface area contributed by atoms with E-state index in [9.17, 15) is 14.4 Å². The predicted molar refractivity (Wildman–Crippen MR) is 70.1 cm³/mol. The number of carboxylic acids is 1. The van der Waals surface area contributed by atoms with Crippen LogP contribution in [0.25, 0.3) is 0 Å². The van der Waals surface area contributed by atoms with E-state index < -0.39 is 5.97 Å². The summed E-state index contributed by atoms with van der Waals surface area (Å²) in [5.74, 6) is -1.16. The second-order valence-corrected chi connectivity index (χ2v) is 4.74. The zero-order chi connectivity index (χ0) is 14.5. The third kappa shape index (κ3) is 3.84. The van der Waals surface area contributed by atoms with E-state index in [1.165, 1.54) is 16.8 Å². The molecule has 1 aromatic heterocycles. The summed E-state index contributed by atoms with van der Waals surface area (Å²) in [7, 11) is 0. The molecule has 3 N–H and O–H groups in total. The van der Waals surface area contributed by atoms with Gasteiger partial charge >= 0.3 is 5.97 Å². The Labute approximate surface area is 116 Å². The first kappa shape index (κ1) is 14.1. The summed E-state index contributed by atoms with van der Waals surface area (Å²) in [4.78, 5) is 33.8. The monoisotopic (exact) mass is 279 g/mol. The normalized spacial score (nSPS) is 13.8. The number of nitrogens with one attached hydrogen (secondary N) is 2. The van der Waals surface area contributed by atoms with Crippen molar-refractivity contribution in [2.45, 2.75) is 19.4 Å². The van der Waals surface area contributed by atoms with Crippen LogP contribution in [0.4, 0.5) is 0 Å². The van der Waals surface area contributed by atoms with Crippen molar-refractivity contribution in [3.05, 3.63) is 24.0 Å². The molecule has 0 atom stereocenters. The largest absolute Gasteiger partial charge is 0.477 e. The Kier molecular flexibility index (Phi) is 4.39. The number of carbonyl (C=O) groups is 3. The molecule has 0 unspecified atom stereocenters. The van der Waals surface area contributed by atoms with Crippen LogP contribution in [0.15, 0.2) is 18.3 Å². The number of rotatable bonds is 7. The summed E-state index contributed by atoms with van der Waals surface area (Å²) in [5, 5.41) is 14.3. The molecular weight excluding hydrogens is 262 g/mol. The molecule has 1 saturated carbocycles. The van der Waals surface area contributed by atoms with Crippen LogP contribution in [0.5, 0.6) is 0 Å². The van der Waals surface area contributed by atoms with Crippen LogP contribution in [-0.4, -0.2) is 40.5 Å². The summed E-state index contributed by atoms with van der Waals surface area (Å²) < 4.78 is 1.36. The Balaban J connectivity index is 1.68. The summed E-state index contributed by atoms with van der Waals surface area (Å²) in [6, 6.07) is 3.01. The van der Waals surface area contributed by atoms with Crippen LogP contribution in [0.2, 0.25) is 0 Å². The van der Waals surface area contributed by atoms with E-state index in [0.717, 1.165) is 12.8 Å². The molecule has 0 spiro atoms. The average Bonchev–Trinajstić information content (AvgIpc) is 3.15. The Morgan fingerprint density at radius 1 is 1.25 bits per heavy atom. The molecule has 1 aromatic rings. The van der Waals surface area contributed by atoms with Gasteiger partial charge in [0.05, 0.1) is 0 Å². The van der Waals surface area contributed by atoms with Crippen LogP contribution in [0.1, 0.15) is 23.3 Å². The number of amides is 2.